The molecule has 0 bridgehead atoms. The van der Waals surface area contributed by atoms with Crippen LogP contribution >= 0.6 is 0 Å². The van der Waals surface area contributed by atoms with Gasteiger partial charge in [-0.15, -0.1) is 5.92 Å². The molecular formula is C12H8O2. The Labute approximate surface area is 81.2 Å². The minimum absolute atomic E-state index is 0.0257. The van der Waals surface area contributed by atoms with Crippen LogP contribution in [0.5, 0.6) is 0 Å². The predicted octanol–water partition coefficient (Wildman–Crippen LogP) is 2.16. The van der Waals surface area contributed by atoms with Crippen LogP contribution in [0.2, 0.25) is 0 Å². The molecule has 0 spiro atoms. The third-order valence-electron chi connectivity index (χ3n) is 1.93. The average Bonchev–Trinajstić information content (AvgIpc) is 2.18. The van der Waals surface area contributed by atoms with Crippen LogP contribution in [-0.2, 0) is 0 Å². The van der Waals surface area contributed by atoms with Crippen LogP contribution in [-0.4, -0.2) is 0 Å². The lowest BCUT2D eigenvalue weighted by molar-refractivity contribution is 0.602. The summed E-state index contributed by atoms with van der Waals surface area (Å²) >= 11 is 0. The molecule has 0 radical (unpaired) electrons. The summed E-state index contributed by atoms with van der Waals surface area (Å²) in [6.07, 6.45) is 1.40. The van der Waals surface area contributed by atoms with Gasteiger partial charge >= 0.3 is 0 Å². The third-order valence-corrected chi connectivity index (χ3v) is 1.93. The summed E-state index contributed by atoms with van der Waals surface area (Å²) < 4.78 is 5.21. The maximum Gasteiger partial charge on any atom is 0.192 e. The van der Waals surface area contributed by atoms with E-state index < -0.39 is 0 Å². The second kappa shape index (κ2) is 3.39. The van der Waals surface area contributed by atoms with E-state index in [1.807, 2.05) is 6.07 Å². The van der Waals surface area contributed by atoms with Gasteiger partial charge in [0.25, 0.3) is 0 Å². The molecule has 1 aromatic carbocycles. The van der Waals surface area contributed by atoms with Gasteiger partial charge in [-0.1, -0.05) is 5.92 Å². The molecule has 2 nitrogen and oxygen atoms in total. The number of benzene rings is 1. The Kier molecular flexibility index (Phi) is 2.08. The van der Waals surface area contributed by atoms with Crippen molar-refractivity contribution in [3.05, 3.63) is 46.3 Å². The van der Waals surface area contributed by atoms with Crippen LogP contribution in [0.1, 0.15) is 12.5 Å². The van der Waals surface area contributed by atoms with Crippen molar-refractivity contribution in [3.63, 3.8) is 0 Å². The normalized spacial score (nSPS) is 9.50. The summed E-state index contributed by atoms with van der Waals surface area (Å²) in [6.45, 7) is 1.77. The fourth-order valence-electron chi connectivity index (χ4n) is 1.30. The number of rotatable bonds is 0. The van der Waals surface area contributed by atoms with Crippen LogP contribution in [0.15, 0.2) is 39.7 Å². The highest BCUT2D eigenvalue weighted by molar-refractivity contribution is 5.77. The number of hydrogen-bond acceptors (Lipinski definition) is 2. The van der Waals surface area contributed by atoms with Crippen LogP contribution in [0.25, 0.3) is 11.0 Å². The zero-order valence-electron chi connectivity index (χ0n) is 7.70. The highest BCUT2D eigenvalue weighted by Crippen LogP contribution is 2.11. The zero-order valence-corrected chi connectivity index (χ0v) is 7.70. The van der Waals surface area contributed by atoms with Gasteiger partial charge in [0.05, 0.1) is 11.6 Å². The molecule has 0 atom stereocenters. The number of hydrogen-bond donors (Lipinski definition) is 0. The summed E-state index contributed by atoms with van der Waals surface area (Å²) in [7, 11) is 0. The van der Waals surface area contributed by atoms with Crippen LogP contribution < -0.4 is 5.43 Å². The van der Waals surface area contributed by atoms with Crippen LogP contribution in [0, 0.1) is 11.8 Å². The smallest absolute Gasteiger partial charge is 0.192 e. The van der Waals surface area contributed by atoms with Crippen molar-refractivity contribution in [2.45, 2.75) is 6.92 Å². The molecule has 0 N–H and O–H groups in total. The first-order valence-electron chi connectivity index (χ1n) is 4.25. The van der Waals surface area contributed by atoms with E-state index in [4.69, 9.17) is 4.42 Å². The van der Waals surface area contributed by atoms with E-state index >= 15 is 0 Å². The molecule has 14 heavy (non-hydrogen) atoms. The van der Waals surface area contributed by atoms with Gasteiger partial charge in [-0.3, -0.25) is 4.79 Å². The molecular weight excluding hydrogens is 176 g/mol. The molecule has 0 aliphatic carbocycles. The summed E-state index contributed by atoms with van der Waals surface area (Å²) in [6, 6.07) is 6.73. The van der Waals surface area contributed by atoms with Crippen molar-refractivity contribution in [3.8, 4) is 11.8 Å². The minimum Gasteiger partial charge on any atom is -0.464 e. The zero-order chi connectivity index (χ0) is 9.97. The molecule has 2 heteroatoms. The van der Waals surface area contributed by atoms with Gasteiger partial charge in [0.2, 0.25) is 0 Å². The van der Waals surface area contributed by atoms with E-state index in [1.54, 1.807) is 19.1 Å². The second-order valence-electron chi connectivity index (χ2n) is 2.87. The quantitative estimate of drug-likeness (QED) is 0.587. The van der Waals surface area contributed by atoms with Gasteiger partial charge in [0.15, 0.2) is 5.43 Å². The van der Waals surface area contributed by atoms with Gasteiger partial charge < -0.3 is 4.42 Å². The lowest BCUT2D eigenvalue weighted by atomic mass is 10.1. The Balaban J connectivity index is 2.77. The Bertz CT molecular complexity index is 582. The molecule has 0 aliphatic heterocycles. The molecule has 2 aromatic rings. The molecule has 0 fully saturated rings. The van der Waals surface area contributed by atoms with E-state index in [2.05, 4.69) is 11.8 Å². The SMILES string of the molecule is CC#Cc1ccc2c(=O)ccoc2c1. The van der Waals surface area contributed by atoms with Crippen molar-refractivity contribution in [1.29, 1.82) is 0 Å². The molecule has 68 valence electrons. The van der Waals surface area contributed by atoms with E-state index in [0.29, 0.717) is 11.0 Å². The van der Waals surface area contributed by atoms with Crippen molar-refractivity contribution < 1.29 is 4.42 Å². The third kappa shape index (κ3) is 1.40. The predicted molar refractivity (Wildman–Crippen MR) is 55.0 cm³/mol. The Morgan fingerprint density at radius 2 is 2.14 bits per heavy atom. The summed E-state index contributed by atoms with van der Waals surface area (Å²) in [5, 5.41) is 0.592. The van der Waals surface area contributed by atoms with Gasteiger partial charge in [-0.2, -0.15) is 0 Å². The standard InChI is InChI=1S/C12H8O2/c1-2-3-9-4-5-10-11(13)6-7-14-12(10)8-9/h4-8H,1H3. The lowest BCUT2D eigenvalue weighted by Gasteiger charge is -1.95. The summed E-state index contributed by atoms with van der Waals surface area (Å²) in [4.78, 5) is 11.4. The van der Waals surface area contributed by atoms with E-state index in [9.17, 15) is 4.79 Å². The monoisotopic (exact) mass is 184 g/mol. The summed E-state index contributed by atoms with van der Waals surface area (Å²) in [5.41, 5.74) is 1.41. The fourth-order valence-corrected chi connectivity index (χ4v) is 1.30. The largest absolute Gasteiger partial charge is 0.464 e. The molecule has 0 saturated heterocycles. The second-order valence-corrected chi connectivity index (χ2v) is 2.87. The van der Waals surface area contributed by atoms with Crippen LogP contribution in [0.3, 0.4) is 0 Å². The molecule has 1 aromatic heterocycles. The maximum atomic E-state index is 11.4. The lowest BCUT2D eigenvalue weighted by Crippen LogP contribution is -1.97. The Morgan fingerprint density at radius 1 is 1.29 bits per heavy atom. The average molecular weight is 184 g/mol. The first-order valence-corrected chi connectivity index (χ1v) is 4.25. The first kappa shape index (κ1) is 8.58. The molecule has 0 aliphatic rings. The highest BCUT2D eigenvalue weighted by atomic mass is 16.3. The molecule has 2 rings (SSSR count). The van der Waals surface area contributed by atoms with Gasteiger partial charge in [0, 0.05) is 11.6 Å². The summed E-state index contributed by atoms with van der Waals surface area (Å²) in [5.74, 6) is 5.70. The van der Waals surface area contributed by atoms with E-state index in [-0.39, 0.29) is 5.43 Å². The maximum absolute atomic E-state index is 11.4. The van der Waals surface area contributed by atoms with Crippen molar-refractivity contribution in [2.75, 3.05) is 0 Å². The first-order chi connectivity index (χ1) is 6.81. The van der Waals surface area contributed by atoms with E-state index in [0.717, 1.165) is 5.56 Å². The minimum atomic E-state index is -0.0257. The van der Waals surface area contributed by atoms with Crippen molar-refractivity contribution in [2.24, 2.45) is 0 Å². The fraction of sp³-hybridized carbons (Fsp3) is 0.0833. The topological polar surface area (TPSA) is 30.2 Å². The highest BCUT2D eigenvalue weighted by Gasteiger charge is 1.99. The van der Waals surface area contributed by atoms with E-state index in [1.165, 1.54) is 12.3 Å². The molecule has 0 amide bonds. The molecule has 0 saturated carbocycles. The Hall–Kier alpha value is -2.01. The number of fused-ring (bicyclic) bond motifs is 1. The van der Waals surface area contributed by atoms with Gasteiger partial charge in [-0.25, -0.2) is 0 Å². The van der Waals surface area contributed by atoms with Crippen molar-refractivity contribution in [1.82, 2.24) is 0 Å². The van der Waals surface area contributed by atoms with Crippen LogP contribution in [0.4, 0.5) is 0 Å². The van der Waals surface area contributed by atoms with Crippen molar-refractivity contribution >= 4 is 11.0 Å². The van der Waals surface area contributed by atoms with Gasteiger partial charge in [0.1, 0.15) is 5.58 Å². The molecule has 0 unspecified atom stereocenters. The molecule has 1 heterocycles. The van der Waals surface area contributed by atoms with Gasteiger partial charge in [-0.05, 0) is 25.1 Å². The Morgan fingerprint density at radius 3 is 2.93 bits per heavy atom.